The van der Waals surface area contributed by atoms with Crippen LogP contribution in [0, 0.1) is 19.8 Å². The van der Waals surface area contributed by atoms with Crippen LogP contribution in [0.25, 0.3) is 16.9 Å². The summed E-state index contributed by atoms with van der Waals surface area (Å²) in [7, 11) is 2.06. The Morgan fingerprint density at radius 2 is 1.82 bits per heavy atom. The van der Waals surface area contributed by atoms with Crippen LogP contribution in [0.2, 0.25) is 0 Å². The number of aromatic nitrogens is 7. The second kappa shape index (κ2) is 7.95. The summed E-state index contributed by atoms with van der Waals surface area (Å²) in [6, 6.07) is 10.1. The largest absolute Gasteiger partial charge is 0.481 e. The second-order valence-corrected chi connectivity index (χ2v) is 8.68. The molecule has 1 aliphatic rings. The van der Waals surface area contributed by atoms with Crippen molar-refractivity contribution >= 4 is 22.8 Å². The van der Waals surface area contributed by atoms with E-state index in [9.17, 15) is 9.90 Å². The van der Waals surface area contributed by atoms with Crippen LogP contribution in [0.5, 0.6) is 0 Å². The van der Waals surface area contributed by atoms with E-state index < -0.39 is 11.9 Å². The lowest BCUT2D eigenvalue weighted by molar-refractivity contribution is -0.141. The van der Waals surface area contributed by atoms with E-state index >= 15 is 0 Å². The minimum atomic E-state index is -0.865. The van der Waals surface area contributed by atoms with Crippen molar-refractivity contribution in [3.05, 3.63) is 53.6 Å². The molecule has 1 aromatic carbocycles. The number of benzene rings is 1. The van der Waals surface area contributed by atoms with Gasteiger partial charge >= 0.3 is 5.97 Å². The molecule has 1 fully saturated rings. The van der Waals surface area contributed by atoms with Crippen molar-refractivity contribution in [1.29, 1.82) is 0 Å². The number of fused-ring (bicyclic) bond motifs is 1. The van der Waals surface area contributed by atoms with E-state index in [1.165, 1.54) is 0 Å². The zero-order chi connectivity index (χ0) is 23.3. The highest BCUT2D eigenvalue weighted by Crippen LogP contribution is 2.32. The molecule has 0 amide bonds. The number of aryl methyl sites for hydroxylation is 3. The van der Waals surface area contributed by atoms with Crippen molar-refractivity contribution in [3.63, 3.8) is 0 Å². The maximum atomic E-state index is 11.3. The number of carbonyl (C=O) groups is 1. The molecule has 0 aliphatic carbocycles. The first-order chi connectivity index (χ1) is 15.8. The minimum absolute atomic E-state index is 0.271. The molecule has 0 radical (unpaired) electrons. The first-order valence-corrected chi connectivity index (χ1v) is 11.0. The molecule has 33 heavy (non-hydrogen) atoms. The number of imidazole rings is 1. The smallest absolute Gasteiger partial charge is 0.306 e. The van der Waals surface area contributed by atoms with Gasteiger partial charge in [-0.25, -0.2) is 19.9 Å². The van der Waals surface area contributed by atoms with Crippen molar-refractivity contribution < 1.29 is 9.90 Å². The highest BCUT2D eigenvalue weighted by molar-refractivity contribution is 5.76. The van der Waals surface area contributed by atoms with Crippen molar-refractivity contribution in [2.45, 2.75) is 33.1 Å². The van der Waals surface area contributed by atoms with Crippen molar-refractivity contribution in [2.24, 2.45) is 13.0 Å². The predicted octanol–water partition coefficient (Wildman–Crippen LogP) is 2.43. The Hall–Kier alpha value is -3.82. The molecule has 5 rings (SSSR count). The molecule has 1 unspecified atom stereocenters. The van der Waals surface area contributed by atoms with Crippen LogP contribution in [0.4, 0.5) is 5.82 Å². The van der Waals surface area contributed by atoms with Gasteiger partial charge in [-0.1, -0.05) is 19.1 Å². The number of aliphatic carboxylic acids is 1. The molecule has 1 atom stereocenters. The number of hydrogen-bond acceptors (Lipinski definition) is 7. The normalized spacial score (nSPS) is 15.1. The van der Waals surface area contributed by atoms with Crippen molar-refractivity contribution in [1.82, 2.24) is 34.3 Å². The fraction of sp³-hybridized carbons (Fsp3) is 0.391. The lowest BCUT2D eigenvalue weighted by Gasteiger charge is -2.39. The van der Waals surface area contributed by atoms with Crippen LogP contribution in [-0.4, -0.2) is 58.4 Å². The highest BCUT2D eigenvalue weighted by atomic mass is 16.4. The van der Waals surface area contributed by atoms with Gasteiger partial charge < -0.3 is 14.6 Å². The lowest BCUT2D eigenvalue weighted by atomic mass is 9.99. The highest BCUT2D eigenvalue weighted by Gasteiger charge is 2.33. The van der Waals surface area contributed by atoms with E-state index in [0.717, 1.165) is 35.8 Å². The predicted molar refractivity (Wildman–Crippen MR) is 123 cm³/mol. The molecular weight excluding hydrogens is 420 g/mol. The van der Waals surface area contributed by atoms with Gasteiger partial charge in [0.2, 0.25) is 0 Å². The van der Waals surface area contributed by atoms with Gasteiger partial charge in [-0.05, 0) is 26.0 Å². The van der Waals surface area contributed by atoms with Gasteiger partial charge in [-0.3, -0.25) is 4.79 Å². The average molecular weight is 447 g/mol. The first kappa shape index (κ1) is 21.0. The third-order valence-corrected chi connectivity index (χ3v) is 6.11. The standard InChI is InChI=1S/C23H26N8O2/c1-13(23(32)33)9-20-26-15(3)28-31(20)21-10-19(24-14(2)25-21)30-11-16(12-30)22-27-17-7-5-6-8-18(17)29(22)4/h5-8,10,13,16H,9,11-12H2,1-4H3,(H,32,33). The number of rotatable bonds is 6. The molecule has 1 saturated heterocycles. The van der Waals surface area contributed by atoms with Crippen LogP contribution in [-0.2, 0) is 18.3 Å². The molecule has 0 spiro atoms. The zero-order valence-electron chi connectivity index (χ0n) is 19.1. The maximum Gasteiger partial charge on any atom is 0.306 e. The minimum Gasteiger partial charge on any atom is -0.481 e. The van der Waals surface area contributed by atoms with Gasteiger partial charge in [0.05, 0.1) is 22.9 Å². The van der Waals surface area contributed by atoms with Crippen molar-refractivity contribution in [3.8, 4) is 5.82 Å². The zero-order valence-corrected chi connectivity index (χ0v) is 19.1. The second-order valence-electron chi connectivity index (χ2n) is 8.68. The van der Waals surface area contributed by atoms with Gasteiger partial charge in [0.15, 0.2) is 5.82 Å². The summed E-state index contributed by atoms with van der Waals surface area (Å²) >= 11 is 0. The summed E-state index contributed by atoms with van der Waals surface area (Å²) in [6.07, 6.45) is 0.271. The molecule has 4 heterocycles. The molecule has 1 aliphatic heterocycles. The monoisotopic (exact) mass is 446 g/mol. The van der Waals surface area contributed by atoms with Gasteiger partial charge in [0.25, 0.3) is 0 Å². The number of carboxylic acid groups (broad SMARTS) is 1. The third kappa shape index (κ3) is 3.81. The van der Waals surface area contributed by atoms with Crippen LogP contribution >= 0.6 is 0 Å². The summed E-state index contributed by atoms with van der Waals surface area (Å²) in [5.74, 6) is 3.15. The maximum absolute atomic E-state index is 11.3. The van der Waals surface area contributed by atoms with Crippen LogP contribution in [0.3, 0.4) is 0 Å². The van der Waals surface area contributed by atoms with E-state index in [0.29, 0.717) is 29.2 Å². The molecule has 0 bridgehead atoms. The fourth-order valence-electron chi connectivity index (χ4n) is 4.30. The van der Waals surface area contributed by atoms with Crippen LogP contribution in [0.1, 0.15) is 36.1 Å². The number of carboxylic acids is 1. The Morgan fingerprint density at radius 1 is 1.09 bits per heavy atom. The van der Waals surface area contributed by atoms with Gasteiger partial charge in [-0.2, -0.15) is 4.68 Å². The van der Waals surface area contributed by atoms with Gasteiger partial charge in [0.1, 0.15) is 29.1 Å². The molecule has 170 valence electrons. The van der Waals surface area contributed by atoms with E-state index in [1.54, 1.807) is 18.5 Å². The molecule has 3 aromatic heterocycles. The van der Waals surface area contributed by atoms with Crippen LogP contribution < -0.4 is 4.90 Å². The van der Waals surface area contributed by atoms with E-state index in [1.807, 2.05) is 31.2 Å². The summed E-state index contributed by atoms with van der Waals surface area (Å²) < 4.78 is 3.80. The number of para-hydroxylation sites is 2. The Kier molecular flexibility index (Phi) is 5.07. The summed E-state index contributed by atoms with van der Waals surface area (Å²) in [5, 5.41) is 13.8. The summed E-state index contributed by atoms with van der Waals surface area (Å²) in [6.45, 7) is 6.92. The molecule has 0 saturated carbocycles. The lowest BCUT2D eigenvalue weighted by Crippen LogP contribution is -2.46. The molecular formula is C23H26N8O2. The molecule has 4 aromatic rings. The molecule has 1 N–H and O–H groups in total. The van der Waals surface area contributed by atoms with Gasteiger partial charge in [0, 0.05) is 32.6 Å². The molecule has 10 heteroatoms. The topological polar surface area (TPSA) is 115 Å². The Bertz CT molecular complexity index is 1350. The Balaban J connectivity index is 1.40. The van der Waals surface area contributed by atoms with E-state index in [-0.39, 0.29) is 6.42 Å². The quantitative estimate of drug-likeness (QED) is 0.480. The Morgan fingerprint density at radius 3 is 2.55 bits per heavy atom. The first-order valence-electron chi connectivity index (χ1n) is 11.0. The number of nitrogens with zero attached hydrogens (tertiary/aromatic N) is 8. The Labute approximate surface area is 190 Å². The van der Waals surface area contributed by atoms with Crippen LogP contribution in [0.15, 0.2) is 30.3 Å². The summed E-state index contributed by atoms with van der Waals surface area (Å²) in [5.41, 5.74) is 2.15. The summed E-state index contributed by atoms with van der Waals surface area (Å²) in [4.78, 5) is 32.0. The third-order valence-electron chi connectivity index (χ3n) is 6.11. The van der Waals surface area contributed by atoms with Gasteiger partial charge in [-0.15, -0.1) is 5.10 Å². The molecule has 10 nitrogen and oxygen atoms in total. The van der Waals surface area contributed by atoms with E-state index in [2.05, 4.69) is 42.6 Å². The SMILES string of the molecule is Cc1nc(N2CC(c3nc4ccccc4n3C)C2)cc(-n2nc(C)nc2CC(C)C(=O)O)n1. The average Bonchev–Trinajstić information content (AvgIpc) is 3.26. The van der Waals surface area contributed by atoms with Crippen molar-refractivity contribution in [2.75, 3.05) is 18.0 Å². The fourth-order valence-corrected chi connectivity index (χ4v) is 4.30. The number of hydrogen-bond donors (Lipinski definition) is 1. The number of anilines is 1. The van der Waals surface area contributed by atoms with E-state index in [4.69, 9.17) is 4.98 Å².